The number of fused-ring (bicyclic) bond motifs is 2. The van der Waals surface area contributed by atoms with Gasteiger partial charge in [0.15, 0.2) is 23.7 Å². The van der Waals surface area contributed by atoms with E-state index in [9.17, 15) is 48.2 Å². The lowest BCUT2D eigenvalue weighted by Crippen LogP contribution is -2.47. The number of nitrogens with two attached hydrogens (primary N) is 2. The van der Waals surface area contributed by atoms with Crippen molar-refractivity contribution < 1.29 is 79.8 Å². The second kappa shape index (κ2) is 14.8. The van der Waals surface area contributed by atoms with Crippen molar-refractivity contribution in [3.63, 3.8) is 0 Å². The maximum Gasteiger partial charge on any atom is 0.490 e. The summed E-state index contributed by atoms with van der Waals surface area (Å²) in [6.07, 6.45) is -8.42. The van der Waals surface area contributed by atoms with Gasteiger partial charge in [-0.2, -0.15) is 13.6 Å². The molecule has 3 unspecified atom stereocenters. The first-order valence-corrected chi connectivity index (χ1v) is 19.6. The van der Waals surface area contributed by atoms with Gasteiger partial charge in [0.2, 0.25) is 17.7 Å². The number of aromatic amines is 2. The minimum absolute atomic E-state index is 0.0321. The average molecular weight is 831 g/mol. The molecular weight excluding hydrogens is 797 g/mol. The number of imidazole rings is 2. The van der Waals surface area contributed by atoms with E-state index in [0.717, 1.165) is 6.33 Å². The molecule has 0 amide bonds. The molecule has 6 rings (SSSR count). The van der Waals surface area contributed by atoms with Crippen molar-refractivity contribution in [1.82, 2.24) is 34.1 Å². The highest BCUT2D eigenvalue weighted by atomic mass is 31.3. The van der Waals surface area contributed by atoms with Crippen LogP contribution < -0.4 is 27.2 Å². The Morgan fingerprint density at radius 2 is 1.43 bits per heavy atom. The van der Waals surface area contributed by atoms with Crippen LogP contribution in [-0.4, -0.2) is 123 Å². The van der Waals surface area contributed by atoms with Crippen molar-refractivity contribution >= 4 is 57.7 Å². The molecule has 28 nitrogen and oxygen atoms in total. The summed E-state index contributed by atoms with van der Waals surface area (Å²) in [5.41, 5.74) is 9.96. The highest BCUT2D eigenvalue weighted by Crippen LogP contribution is 2.67. The number of aryl methyl sites for hydroxylation is 1. The summed E-state index contributed by atoms with van der Waals surface area (Å²) in [6.45, 7) is -1.98. The van der Waals surface area contributed by atoms with Crippen LogP contribution in [0.5, 0.6) is 0 Å². The summed E-state index contributed by atoms with van der Waals surface area (Å²) in [6, 6.07) is 0. The minimum atomic E-state index is -5.96. The van der Waals surface area contributed by atoms with Crippen molar-refractivity contribution in [1.29, 1.82) is 0 Å². The number of nitrogens with zero attached hydrogens (tertiary/aromatic N) is 6. The van der Waals surface area contributed by atoms with Crippen LogP contribution in [0.25, 0.3) is 22.3 Å². The van der Waals surface area contributed by atoms with Gasteiger partial charge >= 0.3 is 29.1 Å². The van der Waals surface area contributed by atoms with Crippen LogP contribution in [0.3, 0.4) is 0 Å². The average Bonchev–Trinajstić information content (AvgIpc) is 3.79. The number of aliphatic hydroxyl groups excluding tert-OH is 2. The van der Waals surface area contributed by atoms with E-state index in [1.807, 2.05) is 0 Å². The molecule has 2 fully saturated rings. The molecule has 0 aliphatic carbocycles. The van der Waals surface area contributed by atoms with Gasteiger partial charge in [-0.05, 0) is 0 Å². The zero-order valence-electron chi connectivity index (χ0n) is 27.9. The van der Waals surface area contributed by atoms with Crippen LogP contribution in [-0.2, 0) is 57.4 Å². The number of aliphatic hydroxyl groups is 2. The summed E-state index contributed by atoms with van der Waals surface area (Å²) in [5, 5.41) is 21.6. The van der Waals surface area contributed by atoms with E-state index >= 15 is 0 Å². The summed E-state index contributed by atoms with van der Waals surface area (Å²) in [7, 11) is -13.3. The lowest BCUT2D eigenvalue weighted by atomic mass is 10.1. The number of phosphoric acid groups is 3. The van der Waals surface area contributed by atoms with Gasteiger partial charge < -0.3 is 55.3 Å². The van der Waals surface area contributed by atoms with E-state index in [0.29, 0.717) is 0 Å². The number of hydrogen-bond acceptors (Lipinski definition) is 20. The van der Waals surface area contributed by atoms with Crippen molar-refractivity contribution in [2.75, 3.05) is 38.9 Å². The van der Waals surface area contributed by atoms with Crippen molar-refractivity contribution in [3.05, 3.63) is 33.4 Å². The highest BCUT2D eigenvalue weighted by Gasteiger charge is 2.51. The molecule has 2 aliphatic heterocycles. The first kappa shape index (κ1) is 40.1. The minimum Gasteiger partial charge on any atom is -0.387 e. The summed E-state index contributed by atoms with van der Waals surface area (Å²) in [5.74, 6) is -0.487. The van der Waals surface area contributed by atoms with Crippen molar-refractivity contribution in [3.8, 4) is 0 Å². The zero-order valence-corrected chi connectivity index (χ0v) is 30.6. The van der Waals surface area contributed by atoms with Gasteiger partial charge in [0, 0.05) is 14.2 Å². The second-order valence-electron chi connectivity index (χ2n) is 11.7. The molecule has 11 atom stereocenters. The number of methoxy groups -OCH3 is 2. The standard InChI is InChI=1S/C23H33N10O18P3/c1-31-7-33(17-11(31)19(37)30-23(25)28-17)21-15(45-3)13(35)9(49-21)5-47-53(40,41)51-54(42,43)50-52(38,39)46-4-8-12(34)14(44-2)20(48-8)32-6-26-10-16(32)27-22(24)29-18(10)36/h6-9,12-15,20-21,34-35H,4-5H2,1-3H3,(H8-,24,25,27,28,29,30,36,37,38,39,40,41,42,43)/p+1/t8-,9-,12-,13-,14-,15-,20-,21-/m1/s1. The number of ether oxygens (including phenoxy) is 4. The predicted octanol–water partition coefficient (Wildman–Crippen LogP) is -3.24. The number of aromatic nitrogens is 8. The Hall–Kier alpha value is -3.53. The van der Waals surface area contributed by atoms with Gasteiger partial charge in [-0.25, -0.2) is 23.2 Å². The van der Waals surface area contributed by atoms with E-state index in [1.54, 1.807) is 0 Å². The molecule has 31 heteroatoms. The fourth-order valence-electron chi connectivity index (χ4n) is 5.91. The van der Waals surface area contributed by atoms with Crippen LogP contribution in [0.4, 0.5) is 11.9 Å². The number of hydrogen-bond donors (Lipinski definition) is 9. The van der Waals surface area contributed by atoms with Gasteiger partial charge in [0.1, 0.15) is 36.6 Å². The smallest absolute Gasteiger partial charge is 0.387 e. The highest BCUT2D eigenvalue weighted by molar-refractivity contribution is 7.66. The van der Waals surface area contributed by atoms with E-state index in [4.69, 9.17) is 39.5 Å². The number of anilines is 2. The van der Waals surface area contributed by atoms with E-state index in [2.05, 4.69) is 33.5 Å². The first-order chi connectivity index (χ1) is 25.2. The molecule has 2 saturated heterocycles. The summed E-state index contributed by atoms with van der Waals surface area (Å²) in [4.78, 5) is 71.6. The van der Waals surface area contributed by atoms with Crippen LogP contribution in [0, 0.1) is 0 Å². The first-order valence-electron chi connectivity index (χ1n) is 15.2. The predicted molar refractivity (Wildman–Crippen MR) is 173 cm³/mol. The molecule has 4 aromatic heterocycles. The number of phosphoric ester groups is 2. The third-order valence-electron chi connectivity index (χ3n) is 8.18. The topological polar surface area (TPSA) is 396 Å². The molecule has 54 heavy (non-hydrogen) atoms. The molecule has 298 valence electrons. The molecule has 4 aromatic rings. The Bertz CT molecular complexity index is 2320. The van der Waals surface area contributed by atoms with Crippen LogP contribution >= 0.6 is 23.5 Å². The van der Waals surface area contributed by atoms with Gasteiger partial charge in [-0.1, -0.05) is 4.98 Å². The molecule has 0 radical (unpaired) electrons. The zero-order chi connectivity index (χ0) is 39.5. The quantitative estimate of drug-likeness (QED) is 0.0445. The molecule has 0 aromatic carbocycles. The summed E-state index contributed by atoms with van der Waals surface area (Å²) < 4.78 is 81.5. The maximum absolute atomic E-state index is 12.6. The molecule has 0 saturated carbocycles. The van der Waals surface area contributed by atoms with E-state index < -0.39 is 96.9 Å². The van der Waals surface area contributed by atoms with Crippen molar-refractivity contribution in [2.24, 2.45) is 7.05 Å². The van der Waals surface area contributed by atoms with E-state index in [1.165, 1.54) is 41.3 Å². The lowest BCUT2D eigenvalue weighted by Gasteiger charge is -2.21. The van der Waals surface area contributed by atoms with Gasteiger partial charge in [-0.15, -0.1) is 0 Å². The normalized spacial score (nSPS) is 29.4. The second-order valence-corrected chi connectivity index (χ2v) is 16.3. The molecule has 2 aliphatic rings. The van der Waals surface area contributed by atoms with Gasteiger partial charge in [-0.3, -0.25) is 37.7 Å². The monoisotopic (exact) mass is 831 g/mol. The number of H-pyrrole nitrogens is 2. The molecular formula is C23H34N10O18P3+. The Balaban J connectivity index is 1.07. The van der Waals surface area contributed by atoms with E-state index in [-0.39, 0.29) is 34.2 Å². The third-order valence-corrected chi connectivity index (χ3v) is 12.4. The molecule has 6 heterocycles. The van der Waals surface area contributed by atoms with Gasteiger partial charge in [0.05, 0.1) is 26.6 Å². The molecule has 0 bridgehead atoms. The number of nitrogens with one attached hydrogen (secondary N) is 2. The Kier molecular flexibility index (Phi) is 11.0. The fraction of sp³-hybridized carbons (Fsp3) is 0.565. The van der Waals surface area contributed by atoms with Crippen molar-refractivity contribution in [2.45, 2.75) is 49.1 Å². The van der Waals surface area contributed by atoms with Crippen LogP contribution in [0.15, 0.2) is 22.2 Å². The Labute approximate surface area is 299 Å². The summed E-state index contributed by atoms with van der Waals surface area (Å²) >= 11 is 0. The molecule has 11 N–H and O–H groups in total. The Morgan fingerprint density at radius 1 is 0.870 bits per heavy atom. The SMILES string of the molecule is CO[C@@H]1[C@H](O)[C@@H](COP(=O)(O)OP(=O)(O)OP(=O)(O)OC[C@H]2O[C@@H]([n+]3cn(C)c4c(=O)[nH]c(N)nc43)[C@H](OC)[C@@H]2O)O[C@H]1n1cnc2c(=O)[nH]c(N)nc21. The van der Waals surface area contributed by atoms with Crippen LogP contribution in [0.1, 0.15) is 12.5 Å². The number of rotatable bonds is 14. The largest absolute Gasteiger partial charge is 0.490 e. The van der Waals surface area contributed by atoms with Crippen LogP contribution in [0.2, 0.25) is 0 Å². The number of nitrogen functional groups attached to an aromatic ring is 2. The van der Waals surface area contributed by atoms with Gasteiger partial charge in [0.25, 0.3) is 17.1 Å². The lowest BCUT2D eigenvalue weighted by molar-refractivity contribution is -0.746. The maximum atomic E-state index is 12.6. The Morgan fingerprint density at radius 3 is 2.04 bits per heavy atom. The fourth-order valence-corrected chi connectivity index (χ4v) is 9.43. The molecule has 0 spiro atoms. The third kappa shape index (κ3) is 7.92.